The SMILES string of the molecule is CC(C)=CCC[C@@H](C(=O)O)[C@@H]1CN(CC(O)CCO[C@H]2OC[C@@H](O)[C@H](O)[C@H]2O)C(N)=N1. The maximum absolute atomic E-state index is 11.7. The summed E-state index contributed by atoms with van der Waals surface area (Å²) in [4.78, 5) is 17.6. The van der Waals surface area contributed by atoms with Gasteiger partial charge in [0.15, 0.2) is 12.2 Å². The molecule has 0 aliphatic carbocycles. The lowest BCUT2D eigenvalue weighted by molar-refractivity contribution is -0.270. The van der Waals surface area contributed by atoms with Crippen LogP contribution in [-0.4, -0.2) is 105 Å². The van der Waals surface area contributed by atoms with Gasteiger partial charge in [-0.15, -0.1) is 0 Å². The molecule has 7 N–H and O–H groups in total. The van der Waals surface area contributed by atoms with Gasteiger partial charge in [0.05, 0.1) is 31.3 Å². The number of aliphatic imine (C=N–C) groups is 1. The topological polar surface area (TPSA) is 178 Å². The van der Waals surface area contributed by atoms with Crippen LogP contribution in [0.4, 0.5) is 0 Å². The molecule has 1 fully saturated rings. The number of nitrogens with zero attached hydrogens (tertiary/aromatic N) is 2. The van der Waals surface area contributed by atoms with Crippen molar-refractivity contribution in [2.24, 2.45) is 16.6 Å². The quantitative estimate of drug-likeness (QED) is 0.208. The van der Waals surface area contributed by atoms with Gasteiger partial charge in [-0.3, -0.25) is 4.79 Å². The molecule has 0 amide bonds. The highest BCUT2D eigenvalue weighted by atomic mass is 16.7. The van der Waals surface area contributed by atoms with Crippen molar-refractivity contribution in [1.29, 1.82) is 0 Å². The molecule has 11 nitrogen and oxygen atoms in total. The Morgan fingerprint density at radius 1 is 1.32 bits per heavy atom. The van der Waals surface area contributed by atoms with Crippen LogP contribution in [0, 0.1) is 5.92 Å². The molecule has 0 aromatic heterocycles. The van der Waals surface area contributed by atoms with E-state index in [1.54, 1.807) is 4.90 Å². The Hall–Kier alpha value is -1.76. The van der Waals surface area contributed by atoms with Crippen molar-refractivity contribution in [1.82, 2.24) is 4.90 Å². The van der Waals surface area contributed by atoms with E-state index < -0.39 is 48.6 Å². The Bertz CT molecular complexity index is 654. The summed E-state index contributed by atoms with van der Waals surface area (Å²) in [5.41, 5.74) is 7.08. The molecule has 11 heteroatoms. The van der Waals surface area contributed by atoms with E-state index in [1.807, 2.05) is 19.9 Å². The Labute approximate surface area is 181 Å². The minimum atomic E-state index is -1.39. The van der Waals surface area contributed by atoms with Crippen LogP contribution in [0.1, 0.15) is 33.1 Å². The van der Waals surface area contributed by atoms with Crippen molar-refractivity contribution in [2.75, 3.05) is 26.3 Å². The average Bonchev–Trinajstić information content (AvgIpc) is 3.04. The fourth-order valence-corrected chi connectivity index (χ4v) is 3.62. The number of hydrogen-bond donors (Lipinski definition) is 6. The van der Waals surface area contributed by atoms with Crippen molar-refractivity contribution in [3.8, 4) is 0 Å². The number of ether oxygens (including phenoxy) is 2. The van der Waals surface area contributed by atoms with Crippen molar-refractivity contribution >= 4 is 11.9 Å². The summed E-state index contributed by atoms with van der Waals surface area (Å²) in [6.07, 6.45) is -2.56. The Morgan fingerprint density at radius 3 is 2.68 bits per heavy atom. The first-order valence-corrected chi connectivity index (χ1v) is 10.5. The molecule has 0 aromatic rings. The van der Waals surface area contributed by atoms with Gasteiger partial charge >= 0.3 is 5.97 Å². The first kappa shape index (κ1) is 25.5. The number of aliphatic hydroxyl groups is 4. The Kier molecular flexibility index (Phi) is 9.66. The fraction of sp³-hybridized carbons (Fsp3) is 0.800. The molecular formula is C20H35N3O8. The second-order valence-corrected chi connectivity index (χ2v) is 8.33. The second-order valence-electron chi connectivity index (χ2n) is 8.33. The van der Waals surface area contributed by atoms with Gasteiger partial charge in [0.2, 0.25) is 0 Å². The molecule has 178 valence electrons. The van der Waals surface area contributed by atoms with E-state index in [0.29, 0.717) is 19.4 Å². The van der Waals surface area contributed by atoms with Crippen LogP contribution >= 0.6 is 0 Å². The molecule has 2 aliphatic rings. The molecule has 1 unspecified atom stereocenters. The van der Waals surface area contributed by atoms with Gasteiger partial charge < -0.3 is 45.6 Å². The van der Waals surface area contributed by atoms with Gasteiger partial charge in [-0.2, -0.15) is 0 Å². The lowest BCUT2D eigenvalue weighted by atomic mass is 9.94. The van der Waals surface area contributed by atoms with Gasteiger partial charge in [0.25, 0.3) is 0 Å². The lowest BCUT2D eigenvalue weighted by Crippen LogP contribution is -2.53. The van der Waals surface area contributed by atoms with Crippen molar-refractivity contribution in [3.05, 3.63) is 11.6 Å². The summed E-state index contributed by atoms with van der Waals surface area (Å²) < 4.78 is 10.5. The maximum atomic E-state index is 11.7. The molecule has 31 heavy (non-hydrogen) atoms. The number of nitrogens with two attached hydrogens (primary N) is 1. The highest BCUT2D eigenvalue weighted by Crippen LogP contribution is 2.22. The number of rotatable bonds is 11. The fourth-order valence-electron chi connectivity index (χ4n) is 3.62. The van der Waals surface area contributed by atoms with Crippen LogP contribution in [0.2, 0.25) is 0 Å². The molecule has 7 atom stereocenters. The molecular weight excluding hydrogens is 410 g/mol. The zero-order valence-corrected chi connectivity index (χ0v) is 18.0. The van der Waals surface area contributed by atoms with E-state index in [1.165, 1.54) is 0 Å². The summed E-state index contributed by atoms with van der Waals surface area (Å²) in [5, 5.41) is 48.8. The zero-order valence-electron chi connectivity index (χ0n) is 18.0. The largest absolute Gasteiger partial charge is 0.481 e. The number of β-amino-alcohol motifs (C(OH)–C–C–N with tert-alkyl or cyclic N) is 1. The van der Waals surface area contributed by atoms with Crippen LogP contribution in [0.15, 0.2) is 16.6 Å². The number of aliphatic hydroxyl groups excluding tert-OH is 4. The van der Waals surface area contributed by atoms with Crippen LogP contribution in [0.25, 0.3) is 0 Å². The van der Waals surface area contributed by atoms with Crippen LogP contribution < -0.4 is 5.73 Å². The van der Waals surface area contributed by atoms with E-state index in [2.05, 4.69) is 4.99 Å². The third-order valence-electron chi connectivity index (χ3n) is 5.46. The van der Waals surface area contributed by atoms with Gasteiger partial charge in [0, 0.05) is 13.1 Å². The summed E-state index contributed by atoms with van der Waals surface area (Å²) in [6.45, 7) is 4.27. The number of guanidine groups is 1. The molecule has 1 saturated heterocycles. The van der Waals surface area contributed by atoms with E-state index in [4.69, 9.17) is 15.2 Å². The molecule has 0 spiro atoms. The van der Waals surface area contributed by atoms with Crippen LogP contribution in [0.3, 0.4) is 0 Å². The van der Waals surface area contributed by atoms with Crippen molar-refractivity contribution < 1.29 is 39.8 Å². The van der Waals surface area contributed by atoms with Gasteiger partial charge in [-0.1, -0.05) is 11.6 Å². The monoisotopic (exact) mass is 445 g/mol. The summed E-state index contributed by atoms with van der Waals surface area (Å²) in [6, 6.07) is -0.481. The van der Waals surface area contributed by atoms with Crippen molar-refractivity contribution in [3.63, 3.8) is 0 Å². The highest BCUT2D eigenvalue weighted by molar-refractivity contribution is 5.81. The van der Waals surface area contributed by atoms with Crippen LogP contribution in [-0.2, 0) is 14.3 Å². The van der Waals surface area contributed by atoms with E-state index in [-0.39, 0.29) is 32.1 Å². The van der Waals surface area contributed by atoms with Gasteiger partial charge in [0.1, 0.15) is 18.3 Å². The maximum Gasteiger partial charge on any atom is 0.308 e. The van der Waals surface area contributed by atoms with Gasteiger partial charge in [-0.25, -0.2) is 4.99 Å². The molecule has 0 radical (unpaired) electrons. The molecule has 2 aliphatic heterocycles. The highest BCUT2D eigenvalue weighted by Gasteiger charge is 2.38. The minimum Gasteiger partial charge on any atom is -0.481 e. The first-order valence-electron chi connectivity index (χ1n) is 10.5. The number of hydrogen-bond acceptors (Lipinski definition) is 10. The minimum absolute atomic E-state index is 0.0421. The smallest absolute Gasteiger partial charge is 0.308 e. The summed E-state index contributed by atoms with van der Waals surface area (Å²) in [5.74, 6) is -1.38. The van der Waals surface area contributed by atoms with E-state index in [0.717, 1.165) is 5.57 Å². The molecule has 2 heterocycles. The predicted octanol–water partition coefficient (Wildman–Crippen LogP) is -1.36. The number of aliphatic carboxylic acids is 1. The first-order chi connectivity index (χ1) is 14.6. The standard InChI is InChI=1S/C20H35N3O8/c1-11(2)4-3-5-13(18(28)29)14-9-23(20(21)22-14)8-12(24)6-7-30-19-17(27)16(26)15(25)10-31-19/h4,12-17,19,24-27H,3,5-10H2,1-2H3,(H2,21,22)(H,28,29)/t12?,13-,14+,15-,16+,17-,19+/m1/s1. The number of allylic oxidation sites excluding steroid dienone is 2. The van der Waals surface area contributed by atoms with E-state index >= 15 is 0 Å². The van der Waals surface area contributed by atoms with Gasteiger partial charge in [-0.05, 0) is 33.1 Å². The van der Waals surface area contributed by atoms with E-state index in [9.17, 15) is 30.3 Å². The Morgan fingerprint density at radius 2 is 2.03 bits per heavy atom. The molecule has 0 bridgehead atoms. The third-order valence-corrected chi connectivity index (χ3v) is 5.46. The Balaban J connectivity index is 1.78. The second kappa shape index (κ2) is 11.7. The molecule has 0 saturated carbocycles. The number of carbonyl (C=O) groups is 1. The third kappa shape index (κ3) is 7.41. The normalized spacial score (nSPS) is 30.6. The number of carboxylic acids is 1. The van der Waals surface area contributed by atoms with Crippen molar-refractivity contribution in [2.45, 2.75) is 69.9 Å². The summed E-state index contributed by atoms with van der Waals surface area (Å²) in [7, 11) is 0. The number of carboxylic acid groups (broad SMARTS) is 1. The predicted molar refractivity (Wildman–Crippen MR) is 111 cm³/mol. The molecule has 2 rings (SSSR count). The summed E-state index contributed by atoms with van der Waals surface area (Å²) >= 11 is 0. The lowest BCUT2D eigenvalue weighted by Gasteiger charge is -2.35. The molecule has 0 aromatic carbocycles. The van der Waals surface area contributed by atoms with Crippen LogP contribution in [0.5, 0.6) is 0 Å². The average molecular weight is 446 g/mol. The zero-order chi connectivity index (χ0) is 23.1.